The predicted molar refractivity (Wildman–Crippen MR) is 178 cm³/mol. The highest BCUT2D eigenvalue weighted by atomic mass is 19.4. The zero-order valence-electron chi connectivity index (χ0n) is 27.9. The molecule has 2 atom stereocenters. The second-order valence-electron chi connectivity index (χ2n) is 13.5. The van der Waals surface area contributed by atoms with Crippen molar-refractivity contribution in [1.29, 1.82) is 0 Å². The largest absolute Gasteiger partial charge is 0.490 e. The summed E-state index contributed by atoms with van der Waals surface area (Å²) in [7, 11) is 1.79. The van der Waals surface area contributed by atoms with Crippen molar-refractivity contribution < 1.29 is 41.0 Å². The number of pyridine rings is 1. The Balaban J connectivity index is 0.000000548. The van der Waals surface area contributed by atoms with E-state index in [2.05, 4.69) is 42.9 Å². The van der Waals surface area contributed by atoms with Crippen molar-refractivity contribution in [3.05, 3.63) is 65.6 Å². The monoisotopic (exact) mass is 731 g/mol. The highest BCUT2D eigenvalue weighted by Gasteiger charge is 2.60. The summed E-state index contributed by atoms with van der Waals surface area (Å²) < 4.78 is 75.8. The summed E-state index contributed by atoms with van der Waals surface area (Å²) in [5, 5.41) is 20.6. The molecule has 4 N–H and O–H groups in total. The number of nitrogens with zero attached hydrogens (tertiary/aromatic N) is 6. The molecule has 1 spiro atoms. The number of piperidine rings is 1. The number of amides is 1. The number of nitrogens with one attached hydrogen (secondary N) is 3. The molecule has 3 aromatic heterocycles. The summed E-state index contributed by atoms with van der Waals surface area (Å²) >= 11 is 0. The third-order valence-electron chi connectivity index (χ3n) is 9.99. The summed E-state index contributed by atoms with van der Waals surface area (Å²) in [6.45, 7) is 2.51. The third kappa shape index (κ3) is 6.60. The SMILES string of the molecule is CNc1cc(N2CCc3c(-c4ccc(CN5CC6(CCNCC6(F)F)C5)cn4)cccc32)nn2c(C(=O)N[C@@H]3C[C@@H]3F)cnc12.O=C(O)C(F)(F)F. The van der Waals surface area contributed by atoms with Crippen molar-refractivity contribution in [3.8, 4) is 11.3 Å². The first kappa shape index (κ1) is 35.4. The molecule has 0 radical (unpaired) electrons. The van der Waals surface area contributed by atoms with Gasteiger partial charge in [-0.25, -0.2) is 27.5 Å². The Bertz CT molecular complexity index is 2000. The first-order valence-corrected chi connectivity index (χ1v) is 16.7. The van der Waals surface area contributed by atoms with Crippen molar-refractivity contribution in [2.75, 3.05) is 50.0 Å². The molecule has 0 unspecified atom stereocenters. The second kappa shape index (κ2) is 13.2. The molecule has 18 heteroatoms. The standard InChI is InChI=1S/C32H34F3N9O.C2HF3O2/c1-36-25-12-28(41-44-27(14-39-29(25)44)30(45)40-24-11-22(24)33)43-10-7-21-20(3-2-4-26(21)43)23-6-5-19(13-38-23)15-42-17-31(18-42)8-9-37-16-32(31,34)35;3-2(4,5)1(6)7/h2-6,12-14,22,24,36-37H,7-11,15-18H2,1H3,(H,40,45);(H,6,7)/t22-,24+;/m0./s1. The number of carbonyl (C=O) groups excluding carboxylic acids is 1. The number of benzene rings is 1. The van der Waals surface area contributed by atoms with Gasteiger partial charge < -0.3 is 26.0 Å². The maximum absolute atomic E-state index is 14.6. The molecule has 2 saturated heterocycles. The number of hydrogen-bond donors (Lipinski definition) is 4. The molecule has 52 heavy (non-hydrogen) atoms. The van der Waals surface area contributed by atoms with E-state index in [1.54, 1.807) is 7.05 Å². The Morgan fingerprint density at radius 2 is 1.87 bits per heavy atom. The lowest BCUT2D eigenvalue weighted by molar-refractivity contribution is -0.205. The van der Waals surface area contributed by atoms with Crippen LogP contribution in [-0.4, -0.2) is 106 Å². The highest BCUT2D eigenvalue weighted by molar-refractivity contribution is 5.94. The number of carboxylic acids is 1. The first-order chi connectivity index (χ1) is 24.7. The number of halogens is 6. The van der Waals surface area contributed by atoms with Crippen molar-refractivity contribution in [2.45, 2.75) is 50.1 Å². The van der Waals surface area contributed by atoms with E-state index in [1.807, 2.05) is 30.5 Å². The van der Waals surface area contributed by atoms with Crippen LogP contribution >= 0.6 is 0 Å². The lowest BCUT2D eigenvalue weighted by Gasteiger charge is -2.56. The number of rotatable bonds is 7. The van der Waals surface area contributed by atoms with Crippen molar-refractivity contribution in [3.63, 3.8) is 0 Å². The molecule has 4 aromatic rings. The van der Waals surface area contributed by atoms with Gasteiger partial charge in [0.1, 0.15) is 6.17 Å². The van der Waals surface area contributed by atoms with Crippen molar-refractivity contribution in [2.24, 2.45) is 5.41 Å². The van der Waals surface area contributed by atoms with E-state index in [0.29, 0.717) is 62.7 Å². The van der Waals surface area contributed by atoms with Gasteiger partial charge in [-0.1, -0.05) is 18.2 Å². The Morgan fingerprint density at radius 1 is 1.12 bits per heavy atom. The van der Waals surface area contributed by atoms with Crippen LogP contribution in [0.25, 0.3) is 16.9 Å². The fourth-order valence-corrected chi connectivity index (χ4v) is 7.08. The minimum absolute atomic E-state index is 0.235. The maximum atomic E-state index is 14.6. The average Bonchev–Trinajstić information content (AvgIpc) is 3.43. The van der Waals surface area contributed by atoms with Crippen LogP contribution in [-0.2, 0) is 17.8 Å². The molecule has 12 nitrogen and oxygen atoms in total. The van der Waals surface area contributed by atoms with Crippen LogP contribution in [0.15, 0.2) is 48.8 Å². The van der Waals surface area contributed by atoms with Gasteiger partial charge in [-0.05, 0) is 42.6 Å². The highest BCUT2D eigenvalue weighted by Crippen LogP contribution is 2.49. The van der Waals surface area contributed by atoms with Gasteiger partial charge in [0.2, 0.25) is 0 Å². The second-order valence-corrected chi connectivity index (χ2v) is 13.5. The Labute approximate surface area is 293 Å². The summed E-state index contributed by atoms with van der Waals surface area (Å²) in [5.74, 6) is -5.18. The van der Waals surface area contributed by atoms with E-state index in [-0.39, 0.29) is 12.2 Å². The van der Waals surface area contributed by atoms with E-state index in [1.165, 1.54) is 10.7 Å². The van der Waals surface area contributed by atoms with Gasteiger partial charge in [-0.3, -0.25) is 14.7 Å². The normalized spacial score (nSPS) is 21.6. The topological polar surface area (TPSA) is 140 Å². The summed E-state index contributed by atoms with van der Waals surface area (Å²) in [6, 6.07) is 11.6. The van der Waals surface area contributed by atoms with Crippen LogP contribution < -0.4 is 20.9 Å². The summed E-state index contributed by atoms with van der Waals surface area (Å²) in [5.41, 5.74) is 5.60. The van der Waals surface area contributed by atoms with Gasteiger partial charge in [-0.15, -0.1) is 5.10 Å². The maximum Gasteiger partial charge on any atom is 0.490 e. The number of aliphatic carboxylic acids is 1. The minimum atomic E-state index is -5.08. The molecule has 0 bridgehead atoms. The van der Waals surface area contributed by atoms with E-state index in [0.717, 1.165) is 34.5 Å². The number of fused-ring (bicyclic) bond motifs is 2. The van der Waals surface area contributed by atoms with E-state index in [4.69, 9.17) is 20.0 Å². The first-order valence-electron chi connectivity index (χ1n) is 16.7. The number of anilines is 3. The van der Waals surface area contributed by atoms with E-state index >= 15 is 0 Å². The van der Waals surface area contributed by atoms with Crippen LogP contribution in [0, 0.1) is 5.41 Å². The number of carbonyl (C=O) groups is 2. The van der Waals surface area contributed by atoms with Gasteiger partial charge in [0.05, 0.1) is 35.6 Å². The fraction of sp³-hybridized carbons (Fsp3) is 0.441. The van der Waals surface area contributed by atoms with Gasteiger partial charge in [0.25, 0.3) is 11.8 Å². The number of hydrogen-bond acceptors (Lipinski definition) is 9. The zero-order valence-corrected chi connectivity index (χ0v) is 27.9. The molecule has 3 fully saturated rings. The summed E-state index contributed by atoms with van der Waals surface area (Å²) in [4.78, 5) is 35.2. The van der Waals surface area contributed by atoms with Crippen LogP contribution in [0.2, 0.25) is 0 Å². The van der Waals surface area contributed by atoms with Crippen LogP contribution in [0.5, 0.6) is 0 Å². The Kier molecular flexibility index (Phi) is 9.01. The molecule has 8 rings (SSSR count). The fourth-order valence-electron chi connectivity index (χ4n) is 7.08. The number of imidazole rings is 1. The van der Waals surface area contributed by atoms with Gasteiger partial charge >= 0.3 is 12.1 Å². The third-order valence-corrected chi connectivity index (χ3v) is 9.99. The lowest BCUT2D eigenvalue weighted by atomic mass is 9.69. The van der Waals surface area contributed by atoms with Gasteiger partial charge in [0, 0.05) is 63.2 Å². The molecular formula is C34H35F6N9O3. The smallest absolute Gasteiger partial charge is 0.475 e. The molecule has 4 aliphatic rings. The van der Waals surface area contributed by atoms with E-state index < -0.39 is 41.6 Å². The van der Waals surface area contributed by atoms with Crippen LogP contribution in [0.1, 0.15) is 34.5 Å². The van der Waals surface area contributed by atoms with Crippen LogP contribution in [0.3, 0.4) is 0 Å². The van der Waals surface area contributed by atoms with Gasteiger partial charge in [-0.2, -0.15) is 13.2 Å². The minimum Gasteiger partial charge on any atom is -0.475 e. The van der Waals surface area contributed by atoms with Crippen molar-refractivity contribution in [1.82, 2.24) is 35.1 Å². The Morgan fingerprint density at radius 3 is 2.50 bits per heavy atom. The Hall–Kier alpha value is -4.97. The molecule has 1 aromatic carbocycles. The molecular weight excluding hydrogens is 696 g/mol. The molecule has 6 heterocycles. The lowest BCUT2D eigenvalue weighted by Crippen LogP contribution is -2.69. The number of aromatic nitrogens is 4. The molecule has 276 valence electrons. The average molecular weight is 732 g/mol. The van der Waals surface area contributed by atoms with Crippen molar-refractivity contribution >= 4 is 34.7 Å². The molecule has 1 saturated carbocycles. The number of carboxylic acid groups (broad SMARTS) is 1. The number of likely N-dealkylation sites (tertiary alicyclic amines) is 1. The van der Waals surface area contributed by atoms with E-state index in [9.17, 15) is 31.1 Å². The summed E-state index contributed by atoms with van der Waals surface area (Å²) in [6.07, 6.45) is -1.17. The predicted octanol–water partition coefficient (Wildman–Crippen LogP) is 4.43. The molecule has 3 aliphatic heterocycles. The molecule has 1 aliphatic carbocycles. The quantitative estimate of drug-likeness (QED) is 0.202. The zero-order chi connectivity index (χ0) is 37.0. The number of alkyl halides is 6. The van der Waals surface area contributed by atoms with Gasteiger partial charge in [0.15, 0.2) is 17.2 Å². The molecule has 1 amide bonds. The van der Waals surface area contributed by atoms with Crippen LogP contribution in [0.4, 0.5) is 43.5 Å².